The van der Waals surface area contributed by atoms with Crippen molar-refractivity contribution in [1.29, 1.82) is 0 Å². The van der Waals surface area contributed by atoms with Crippen LogP contribution in [0.1, 0.15) is 23.8 Å². The predicted octanol–water partition coefficient (Wildman–Crippen LogP) is 0.720. The molecule has 2 heterocycles. The van der Waals surface area contributed by atoms with Crippen molar-refractivity contribution in [3.63, 3.8) is 0 Å². The lowest BCUT2D eigenvalue weighted by atomic mass is 10.3. The molecular weight excluding hydrogens is 218 g/mol. The maximum atomic E-state index is 12.0. The smallest absolute Gasteiger partial charge is 0.272 e. The molecule has 1 aromatic rings. The number of hydrogen-bond donors (Lipinski definition) is 2. The van der Waals surface area contributed by atoms with E-state index in [1.807, 2.05) is 13.0 Å². The first-order valence-electron chi connectivity index (χ1n) is 5.88. The standard InChI is InChI=1S/C12H17N3O2/c1-2-13-9-3-4-11(14-7-9)12(17)15-6-5-10(16)8-15/h3-4,7,10,13,16H,2,5-6,8H2,1H3. The third kappa shape index (κ3) is 2.74. The zero-order valence-corrected chi connectivity index (χ0v) is 9.89. The van der Waals surface area contributed by atoms with E-state index in [4.69, 9.17) is 0 Å². The normalized spacial score (nSPS) is 19.4. The number of β-amino-alcohol motifs (C(OH)–C–C–N with tert-alkyl or cyclic N) is 1. The van der Waals surface area contributed by atoms with Crippen molar-refractivity contribution in [2.24, 2.45) is 0 Å². The van der Waals surface area contributed by atoms with E-state index in [1.165, 1.54) is 0 Å². The summed E-state index contributed by atoms with van der Waals surface area (Å²) in [5.74, 6) is -0.107. The van der Waals surface area contributed by atoms with Crippen LogP contribution in [0.5, 0.6) is 0 Å². The lowest BCUT2D eigenvalue weighted by molar-refractivity contribution is 0.0759. The highest BCUT2D eigenvalue weighted by Crippen LogP contribution is 2.13. The number of nitrogens with one attached hydrogen (secondary N) is 1. The van der Waals surface area contributed by atoms with Crippen LogP contribution in [0.2, 0.25) is 0 Å². The fourth-order valence-corrected chi connectivity index (χ4v) is 1.92. The van der Waals surface area contributed by atoms with Gasteiger partial charge in [0.1, 0.15) is 5.69 Å². The summed E-state index contributed by atoms with van der Waals surface area (Å²) >= 11 is 0. The van der Waals surface area contributed by atoms with Crippen molar-refractivity contribution in [3.05, 3.63) is 24.0 Å². The number of anilines is 1. The Bertz CT molecular complexity index is 391. The molecule has 5 heteroatoms. The van der Waals surface area contributed by atoms with Gasteiger partial charge in [-0.05, 0) is 25.5 Å². The topological polar surface area (TPSA) is 65.5 Å². The Balaban J connectivity index is 2.04. The molecule has 1 fully saturated rings. The first-order valence-corrected chi connectivity index (χ1v) is 5.88. The molecule has 0 aromatic carbocycles. The van der Waals surface area contributed by atoms with Gasteiger partial charge in [-0.3, -0.25) is 4.79 Å². The fraction of sp³-hybridized carbons (Fsp3) is 0.500. The molecule has 0 bridgehead atoms. The van der Waals surface area contributed by atoms with Gasteiger partial charge in [0.25, 0.3) is 5.91 Å². The summed E-state index contributed by atoms with van der Waals surface area (Å²) in [6.07, 6.45) is 1.92. The van der Waals surface area contributed by atoms with Crippen molar-refractivity contribution in [3.8, 4) is 0 Å². The molecule has 1 amide bonds. The molecule has 1 atom stereocenters. The van der Waals surface area contributed by atoms with Crippen molar-refractivity contribution >= 4 is 11.6 Å². The Morgan fingerprint density at radius 2 is 2.47 bits per heavy atom. The minimum atomic E-state index is -0.389. The minimum Gasteiger partial charge on any atom is -0.391 e. The fourth-order valence-electron chi connectivity index (χ4n) is 1.92. The summed E-state index contributed by atoms with van der Waals surface area (Å²) in [5, 5.41) is 12.5. The summed E-state index contributed by atoms with van der Waals surface area (Å²) in [6, 6.07) is 3.56. The van der Waals surface area contributed by atoms with E-state index in [0.717, 1.165) is 12.2 Å². The Labute approximate surface area is 100 Å². The summed E-state index contributed by atoms with van der Waals surface area (Å²) in [5.41, 5.74) is 1.34. The number of carbonyl (C=O) groups is 1. The molecular formula is C12H17N3O2. The molecule has 1 saturated heterocycles. The van der Waals surface area contributed by atoms with Crippen LogP contribution >= 0.6 is 0 Å². The van der Waals surface area contributed by atoms with Crippen LogP contribution in [0.3, 0.4) is 0 Å². The zero-order valence-electron chi connectivity index (χ0n) is 9.89. The zero-order chi connectivity index (χ0) is 12.3. The number of rotatable bonds is 3. The van der Waals surface area contributed by atoms with Crippen LogP contribution in [0.25, 0.3) is 0 Å². The van der Waals surface area contributed by atoms with Gasteiger partial charge >= 0.3 is 0 Å². The van der Waals surface area contributed by atoms with Gasteiger partial charge in [0.2, 0.25) is 0 Å². The van der Waals surface area contributed by atoms with E-state index < -0.39 is 0 Å². The first kappa shape index (κ1) is 11.9. The van der Waals surface area contributed by atoms with Gasteiger partial charge in [-0.1, -0.05) is 0 Å². The molecule has 1 unspecified atom stereocenters. The molecule has 5 nitrogen and oxygen atoms in total. The number of amides is 1. The third-order valence-electron chi connectivity index (χ3n) is 2.81. The van der Waals surface area contributed by atoms with Crippen LogP contribution in [0.4, 0.5) is 5.69 Å². The van der Waals surface area contributed by atoms with E-state index >= 15 is 0 Å². The molecule has 0 spiro atoms. The number of aliphatic hydroxyl groups excluding tert-OH is 1. The van der Waals surface area contributed by atoms with E-state index in [-0.39, 0.29) is 12.0 Å². The lowest BCUT2D eigenvalue weighted by Crippen LogP contribution is -2.30. The quantitative estimate of drug-likeness (QED) is 0.810. The monoisotopic (exact) mass is 235 g/mol. The number of likely N-dealkylation sites (tertiary alicyclic amines) is 1. The van der Waals surface area contributed by atoms with Gasteiger partial charge in [0, 0.05) is 19.6 Å². The molecule has 1 aromatic heterocycles. The third-order valence-corrected chi connectivity index (χ3v) is 2.81. The van der Waals surface area contributed by atoms with Crippen molar-refractivity contribution < 1.29 is 9.90 Å². The summed E-state index contributed by atoms with van der Waals surface area (Å²) < 4.78 is 0. The van der Waals surface area contributed by atoms with Crippen LogP contribution in [-0.2, 0) is 0 Å². The van der Waals surface area contributed by atoms with Crippen LogP contribution in [-0.4, -0.2) is 46.6 Å². The van der Waals surface area contributed by atoms with Gasteiger partial charge in [-0.15, -0.1) is 0 Å². The van der Waals surface area contributed by atoms with Gasteiger partial charge in [-0.2, -0.15) is 0 Å². The Morgan fingerprint density at radius 3 is 3.00 bits per heavy atom. The number of carbonyl (C=O) groups excluding carboxylic acids is 1. The molecule has 0 radical (unpaired) electrons. The lowest BCUT2D eigenvalue weighted by Gasteiger charge is -2.14. The summed E-state index contributed by atoms with van der Waals surface area (Å²) in [4.78, 5) is 17.8. The van der Waals surface area contributed by atoms with Crippen molar-refractivity contribution in [1.82, 2.24) is 9.88 Å². The van der Waals surface area contributed by atoms with E-state index in [2.05, 4.69) is 10.3 Å². The summed E-state index contributed by atoms with van der Waals surface area (Å²) in [7, 11) is 0. The number of aliphatic hydroxyl groups is 1. The summed E-state index contributed by atoms with van der Waals surface area (Å²) in [6.45, 7) is 3.85. The average molecular weight is 235 g/mol. The maximum Gasteiger partial charge on any atom is 0.272 e. The van der Waals surface area contributed by atoms with Crippen LogP contribution in [0.15, 0.2) is 18.3 Å². The maximum absolute atomic E-state index is 12.0. The molecule has 1 aliphatic rings. The van der Waals surface area contributed by atoms with Gasteiger partial charge in [0.05, 0.1) is 18.0 Å². The second-order valence-electron chi connectivity index (χ2n) is 4.16. The van der Waals surface area contributed by atoms with E-state index in [9.17, 15) is 9.90 Å². The van der Waals surface area contributed by atoms with Gasteiger partial charge < -0.3 is 15.3 Å². The number of aromatic nitrogens is 1. The SMILES string of the molecule is CCNc1ccc(C(=O)N2CCC(O)C2)nc1. The largest absolute Gasteiger partial charge is 0.391 e. The second-order valence-corrected chi connectivity index (χ2v) is 4.16. The molecule has 17 heavy (non-hydrogen) atoms. The van der Waals surface area contributed by atoms with E-state index in [1.54, 1.807) is 17.2 Å². The average Bonchev–Trinajstić information content (AvgIpc) is 2.76. The molecule has 0 aliphatic carbocycles. The van der Waals surface area contributed by atoms with Gasteiger partial charge in [-0.25, -0.2) is 4.98 Å². The first-order chi connectivity index (χ1) is 8.20. The Hall–Kier alpha value is -1.62. The van der Waals surface area contributed by atoms with Gasteiger partial charge in [0.15, 0.2) is 0 Å². The Kier molecular flexibility index (Phi) is 3.58. The Morgan fingerprint density at radius 1 is 1.65 bits per heavy atom. The molecule has 2 rings (SSSR count). The number of hydrogen-bond acceptors (Lipinski definition) is 4. The molecule has 0 saturated carbocycles. The molecule has 92 valence electrons. The highest BCUT2D eigenvalue weighted by molar-refractivity contribution is 5.92. The number of nitrogens with zero attached hydrogens (tertiary/aromatic N) is 2. The number of pyridine rings is 1. The second kappa shape index (κ2) is 5.14. The van der Waals surface area contributed by atoms with Crippen LogP contribution in [0, 0.1) is 0 Å². The predicted molar refractivity (Wildman–Crippen MR) is 64.9 cm³/mol. The van der Waals surface area contributed by atoms with Crippen molar-refractivity contribution in [2.75, 3.05) is 25.0 Å². The van der Waals surface area contributed by atoms with Crippen LogP contribution < -0.4 is 5.32 Å². The molecule has 1 aliphatic heterocycles. The van der Waals surface area contributed by atoms with E-state index in [0.29, 0.717) is 25.2 Å². The van der Waals surface area contributed by atoms with Crippen molar-refractivity contribution in [2.45, 2.75) is 19.4 Å². The highest BCUT2D eigenvalue weighted by atomic mass is 16.3. The minimum absolute atomic E-state index is 0.107. The molecule has 2 N–H and O–H groups in total. The highest BCUT2D eigenvalue weighted by Gasteiger charge is 2.25.